The molecular formula is C54H77F3N4O6. The van der Waals surface area contributed by atoms with Gasteiger partial charge in [-0.2, -0.15) is 13.2 Å². The standard InChI is InChI=1S/C52H76N4O4.C2HF3O2/c1-29(2)13-41-37-21-46(50(58-10)17-33(37)25-53)43(15-31(5)6)39-23-48(52(60-12)19-35(39)27-55)44(16-32(7)8)40-24-47(51(59-11)20-36(40)28-56)42(14-30(3)4)38-22-45(41)49(57-9)18-34(38)26-54;3-2(4,5)1(6)7/h17-24,29-32,41-44H,13-16,25-28,53-56H2,1-12H3;(H,6,7). The van der Waals surface area contributed by atoms with Crippen molar-refractivity contribution in [2.24, 2.45) is 46.6 Å². The number of alkyl halides is 3. The summed E-state index contributed by atoms with van der Waals surface area (Å²) >= 11 is 0. The van der Waals surface area contributed by atoms with E-state index in [1.807, 2.05) is 0 Å². The lowest BCUT2D eigenvalue weighted by Gasteiger charge is -2.33. The van der Waals surface area contributed by atoms with E-state index in [1.165, 1.54) is 22.3 Å². The van der Waals surface area contributed by atoms with Crippen LogP contribution in [0.4, 0.5) is 13.2 Å². The number of halogens is 3. The van der Waals surface area contributed by atoms with Gasteiger partial charge >= 0.3 is 12.1 Å². The Morgan fingerprint density at radius 2 is 0.627 bits per heavy atom. The van der Waals surface area contributed by atoms with Crippen LogP contribution < -0.4 is 41.9 Å². The molecule has 0 heterocycles. The van der Waals surface area contributed by atoms with Crippen LogP contribution in [-0.2, 0) is 31.0 Å². The lowest BCUT2D eigenvalue weighted by molar-refractivity contribution is -0.192. The molecule has 0 spiro atoms. The number of carbonyl (C=O) groups is 1. The molecule has 13 heteroatoms. The van der Waals surface area contributed by atoms with Crippen LogP contribution in [0.3, 0.4) is 0 Å². The molecular weight excluding hydrogens is 858 g/mol. The van der Waals surface area contributed by atoms with Gasteiger partial charge in [0.2, 0.25) is 0 Å². The van der Waals surface area contributed by atoms with E-state index < -0.39 is 12.1 Å². The van der Waals surface area contributed by atoms with E-state index in [-0.39, 0.29) is 23.7 Å². The minimum absolute atomic E-state index is 0.0334. The molecule has 370 valence electrons. The van der Waals surface area contributed by atoms with E-state index in [4.69, 9.17) is 51.8 Å². The van der Waals surface area contributed by atoms with Gasteiger partial charge in [0.05, 0.1) is 28.4 Å². The maximum Gasteiger partial charge on any atom is 0.490 e. The molecule has 4 atom stereocenters. The average molecular weight is 935 g/mol. The zero-order chi connectivity index (χ0) is 50.1. The van der Waals surface area contributed by atoms with E-state index >= 15 is 0 Å². The largest absolute Gasteiger partial charge is 0.496 e. The van der Waals surface area contributed by atoms with Crippen molar-refractivity contribution < 1.29 is 42.0 Å². The Morgan fingerprint density at radius 3 is 0.746 bits per heavy atom. The summed E-state index contributed by atoms with van der Waals surface area (Å²) in [7, 11) is 7.10. The number of benzene rings is 4. The molecule has 0 fully saturated rings. The van der Waals surface area contributed by atoms with E-state index in [2.05, 4.69) is 104 Å². The van der Waals surface area contributed by atoms with Crippen molar-refractivity contribution in [3.05, 3.63) is 115 Å². The Morgan fingerprint density at radius 1 is 0.448 bits per heavy atom. The minimum atomic E-state index is -5.08. The summed E-state index contributed by atoms with van der Waals surface area (Å²) in [5.74, 6) is 1.93. The summed E-state index contributed by atoms with van der Waals surface area (Å²) in [6.45, 7) is 19.8. The molecule has 4 aromatic carbocycles. The third-order valence-corrected chi connectivity index (χ3v) is 12.9. The van der Waals surface area contributed by atoms with E-state index in [0.29, 0.717) is 49.9 Å². The van der Waals surface area contributed by atoms with Crippen LogP contribution in [0.1, 0.15) is 172 Å². The lowest BCUT2D eigenvalue weighted by atomic mass is 9.73. The number of nitrogens with two attached hydrogens (primary N) is 4. The Labute approximate surface area is 397 Å². The average Bonchev–Trinajstić information content (AvgIpc) is 3.28. The zero-order valence-corrected chi connectivity index (χ0v) is 41.8. The number of rotatable bonds is 16. The molecule has 9 N–H and O–H groups in total. The van der Waals surface area contributed by atoms with Gasteiger partial charge < -0.3 is 47.0 Å². The van der Waals surface area contributed by atoms with Gasteiger partial charge in [-0.25, -0.2) is 4.79 Å². The van der Waals surface area contributed by atoms with E-state index in [0.717, 1.165) is 93.2 Å². The first kappa shape index (κ1) is 54.8. The third kappa shape index (κ3) is 12.8. The first-order valence-electron chi connectivity index (χ1n) is 23.6. The van der Waals surface area contributed by atoms with E-state index in [1.54, 1.807) is 28.4 Å². The fourth-order valence-electron chi connectivity index (χ4n) is 10.00. The molecule has 67 heavy (non-hydrogen) atoms. The monoisotopic (exact) mass is 935 g/mol. The predicted octanol–water partition coefficient (Wildman–Crippen LogP) is 11.2. The molecule has 10 nitrogen and oxygen atoms in total. The molecule has 0 saturated heterocycles. The zero-order valence-electron chi connectivity index (χ0n) is 41.8. The molecule has 0 radical (unpaired) electrons. The lowest BCUT2D eigenvalue weighted by Crippen LogP contribution is -2.21. The maximum atomic E-state index is 10.6. The smallest absolute Gasteiger partial charge is 0.490 e. The highest BCUT2D eigenvalue weighted by molar-refractivity contribution is 5.73. The molecule has 0 aliphatic heterocycles. The van der Waals surface area contributed by atoms with Crippen LogP contribution in [0.15, 0.2) is 48.5 Å². The maximum absolute atomic E-state index is 10.6. The summed E-state index contributed by atoms with van der Waals surface area (Å²) in [5.41, 5.74) is 40.5. The van der Waals surface area contributed by atoms with Gasteiger partial charge in [-0.1, -0.05) is 79.7 Å². The van der Waals surface area contributed by atoms with Crippen LogP contribution in [0.2, 0.25) is 0 Å². The summed E-state index contributed by atoms with van der Waals surface area (Å²) in [4.78, 5) is 8.90. The predicted molar refractivity (Wildman–Crippen MR) is 262 cm³/mol. The van der Waals surface area contributed by atoms with Gasteiger partial charge in [-0.3, -0.25) is 0 Å². The minimum Gasteiger partial charge on any atom is -0.496 e. The Bertz CT molecular complexity index is 1890. The Kier molecular flexibility index (Phi) is 19.6. The number of carboxylic acid groups (broad SMARTS) is 1. The van der Waals surface area contributed by atoms with Crippen molar-refractivity contribution in [3.63, 3.8) is 0 Å². The normalized spacial score (nSPS) is 17.1. The van der Waals surface area contributed by atoms with Gasteiger partial charge in [0.15, 0.2) is 0 Å². The topological polar surface area (TPSA) is 178 Å². The number of ether oxygens (including phenoxy) is 4. The van der Waals surface area contributed by atoms with Crippen molar-refractivity contribution in [1.82, 2.24) is 0 Å². The summed E-state index contributed by atoms with van der Waals surface area (Å²) < 4.78 is 57.1. The van der Waals surface area contributed by atoms with Crippen molar-refractivity contribution in [2.75, 3.05) is 28.4 Å². The number of aliphatic carboxylic acids is 1. The Hall–Kier alpha value is -4.82. The molecule has 4 unspecified atom stereocenters. The van der Waals surface area contributed by atoms with Crippen molar-refractivity contribution in [1.29, 1.82) is 0 Å². The molecule has 5 rings (SSSR count). The highest BCUT2D eigenvalue weighted by Gasteiger charge is 2.38. The van der Waals surface area contributed by atoms with Gasteiger partial charge in [-0.05, 0) is 118 Å². The molecule has 0 amide bonds. The molecule has 1 aliphatic carbocycles. The van der Waals surface area contributed by atoms with Gasteiger partial charge in [-0.15, -0.1) is 0 Å². The van der Waals surface area contributed by atoms with Gasteiger partial charge in [0.1, 0.15) is 23.0 Å². The van der Waals surface area contributed by atoms with Crippen LogP contribution in [0.25, 0.3) is 0 Å². The van der Waals surface area contributed by atoms with E-state index in [9.17, 15) is 13.2 Å². The highest BCUT2D eigenvalue weighted by atomic mass is 19.4. The molecule has 0 aromatic heterocycles. The molecule has 1 aliphatic rings. The SMILES string of the molecule is COc1cc(CN)c2cc1C(CC(C)C)c1cc(c(OC)cc1CN)C(CC(C)C)c1cc(c(OC)cc1CN)C(CC(C)C)c1cc(c(OC)cc1CN)C2CC(C)C.O=C(O)C(F)(F)F. The number of carboxylic acids is 1. The Balaban J connectivity index is 0.00000129. The molecule has 4 aromatic rings. The van der Waals surface area contributed by atoms with Gasteiger partial charge in [0, 0.05) is 72.1 Å². The van der Waals surface area contributed by atoms with Crippen LogP contribution in [0, 0.1) is 23.7 Å². The van der Waals surface area contributed by atoms with Crippen molar-refractivity contribution in [2.45, 2.75) is 137 Å². The number of methoxy groups -OCH3 is 4. The summed E-state index contributed by atoms with van der Waals surface area (Å²) in [5, 5.41) is 7.12. The first-order chi connectivity index (χ1) is 31.6. The quantitative estimate of drug-likeness (QED) is 0.0726. The molecule has 0 saturated carbocycles. The summed E-state index contributed by atoms with van der Waals surface area (Å²) in [6, 6.07) is 18.4. The van der Waals surface area contributed by atoms with Crippen molar-refractivity contribution in [3.8, 4) is 23.0 Å². The number of fused-ring (bicyclic) bond motifs is 8. The third-order valence-electron chi connectivity index (χ3n) is 12.9. The second kappa shape index (κ2) is 24.0. The van der Waals surface area contributed by atoms with Crippen LogP contribution in [0.5, 0.6) is 23.0 Å². The summed E-state index contributed by atoms with van der Waals surface area (Å²) in [6.07, 6.45) is -1.54. The highest BCUT2D eigenvalue weighted by Crippen LogP contribution is 2.50. The second-order valence-electron chi connectivity index (χ2n) is 19.5. The number of hydrogen-bond acceptors (Lipinski definition) is 9. The fourth-order valence-corrected chi connectivity index (χ4v) is 10.00. The van der Waals surface area contributed by atoms with Gasteiger partial charge in [0.25, 0.3) is 0 Å². The van der Waals surface area contributed by atoms with Crippen LogP contribution >= 0.6 is 0 Å². The van der Waals surface area contributed by atoms with Crippen LogP contribution in [-0.4, -0.2) is 45.7 Å². The fraction of sp³-hybridized carbons (Fsp3) is 0.537. The van der Waals surface area contributed by atoms with Crippen molar-refractivity contribution >= 4 is 5.97 Å². The second-order valence-corrected chi connectivity index (χ2v) is 19.5. The first-order valence-corrected chi connectivity index (χ1v) is 23.6. The molecule has 8 bridgehead atoms. The number of hydrogen-bond donors (Lipinski definition) is 5.